The molecule has 1 unspecified atom stereocenters. The van der Waals surface area contributed by atoms with Gasteiger partial charge in [-0.15, -0.1) is 0 Å². The topological polar surface area (TPSA) is 96.0 Å². The number of alkyl carbamates (subject to hydrolysis) is 1. The maximum Gasteiger partial charge on any atom is 0.408 e. The van der Waals surface area contributed by atoms with Crippen LogP contribution in [0.25, 0.3) is 0 Å². The van der Waals surface area contributed by atoms with E-state index in [1.807, 2.05) is 0 Å². The molecule has 0 aliphatic carbocycles. The van der Waals surface area contributed by atoms with Gasteiger partial charge in [-0.05, 0) is 45.7 Å². The van der Waals surface area contributed by atoms with E-state index in [0.717, 1.165) is 19.3 Å². The first-order valence-electron chi connectivity index (χ1n) is 9.07. The highest BCUT2D eigenvalue weighted by Gasteiger charge is 2.26. The molecule has 0 aromatic carbocycles. The summed E-state index contributed by atoms with van der Waals surface area (Å²) in [5.41, 5.74) is -0.0539. The van der Waals surface area contributed by atoms with Crippen LogP contribution in [0.3, 0.4) is 0 Å². The van der Waals surface area contributed by atoms with E-state index in [0.29, 0.717) is 18.1 Å². The Labute approximate surface area is 159 Å². The molecule has 27 heavy (non-hydrogen) atoms. The zero-order valence-corrected chi connectivity index (χ0v) is 16.3. The number of hydrogen-bond acceptors (Lipinski definition) is 7. The van der Waals surface area contributed by atoms with Crippen LogP contribution in [0, 0.1) is 0 Å². The molecule has 0 radical (unpaired) electrons. The Balaban J connectivity index is 1.95. The molecule has 1 fully saturated rings. The first kappa shape index (κ1) is 21.0. The molecule has 2 atom stereocenters. The number of pyridine rings is 1. The number of methoxy groups -OCH3 is 1. The number of hydrogen-bond donors (Lipinski definition) is 1. The number of aromatic nitrogens is 1. The van der Waals surface area contributed by atoms with E-state index < -0.39 is 23.7 Å². The Morgan fingerprint density at radius 3 is 2.67 bits per heavy atom. The molecule has 1 saturated heterocycles. The molecule has 150 valence electrons. The van der Waals surface area contributed by atoms with Crippen molar-refractivity contribution < 1.29 is 28.5 Å². The molecule has 1 amide bonds. The average molecular weight is 380 g/mol. The van der Waals surface area contributed by atoms with Crippen molar-refractivity contribution >= 4 is 12.1 Å². The highest BCUT2D eigenvalue weighted by molar-refractivity contribution is 5.81. The maximum atomic E-state index is 12.0. The van der Waals surface area contributed by atoms with Crippen LogP contribution in [0.1, 0.15) is 45.7 Å². The van der Waals surface area contributed by atoms with Crippen molar-refractivity contribution in [1.29, 1.82) is 0 Å². The minimum atomic E-state index is -0.897. The first-order chi connectivity index (χ1) is 12.8. The lowest BCUT2D eigenvalue weighted by Crippen LogP contribution is -2.45. The zero-order valence-electron chi connectivity index (χ0n) is 16.3. The van der Waals surface area contributed by atoms with Gasteiger partial charge in [0.15, 0.2) is 6.29 Å². The summed E-state index contributed by atoms with van der Waals surface area (Å²) in [6.45, 7) is 5.94. The maximum absolute atomic E-state index is 12.0. The number of ether oxygens (including phenoxy) is 4. The van der Waals surface area contributed by atoms with Crippen molar-refractivity contribution in [2.45, 2.75) is 64.4 Å². The van der Waals surface area contributed by atoms with Gasteiger partial charge in [-0.2, -0.15) is 0 Å². The van der Waals surface area contributed by atoms with Crippen LogP contribution in [-0.4, -0.2) is 48.7 Å². The largest absolute Gasteiger partial charge is 0.467 e. The van der Waals surface area contributed by atoms with Crippen LogP contribution in [0.15, 0.2) is 18.3 Å². The van der Waals surface area contributed by atoms with Gasteiger partial charge in [0.05, 0.1) is 19.9 Å². The van der Waals surface area contributed by atoms with Gasteiger partial charge in [-0.25, -0.2) is 9.59 Å². The lowest BCUT2D eigenvalue weighted by molar-refractivity contribution is -0.143. The molecule has 2 heterocycles. The Kier molecular flexibility index (Phi) is 7.41. The summed E-state index contributed by atoms with van der Waals surface area (Å²) in [6.07, 6.45) is 3.80. The molecular weight excluding hydrogens is 352 g/mol. The Morgan fingerprint density at radius 1 is 1.33 bits per heavy atom. The third-order valence-corrected chi connectivity index (χ3v) is 3.79. The van der Waals surface area contributed by atoms with E-state index >= 15 is 0 Å². The first-order valence-corrected chi connectivity index (χ1v) is 9.07. The Hall–Kier alpha value is -2.35. The van der Waals surface area contributed by atoms with Gasteiger partial charge in [0.2, 0.25) is 0 Å². The van der Waals surface area contributed by atoms with E-state index in [4.69, 9.17) is 18.9 Å². The van der Waals surface area contributed by atoms with Crippen molar-refractivity contribution in [2.75, 3.05) is 13.7 Å². The number of rotatable bonds is 6. The highest BCUT2D eigenvalue weighted by Crippen LogP contribution is 2.19. The third kappa shape index (κ3) is 7.42. The van der Waals surface area contributed by atoms with Gasteiger partial charge in [0.25, 0.3) is 0 Å². The monoisotopic (exact) mass is 380 g/mol. The number of carbonyl (C=O) groups is 2. The van der Waals surface area contributed by atoms with Crippen molar-refractivity contribution in [3.8, 4) is 5.75 Å². The van der Waals surface area contributed by atoms with Crippen LogP contribution in [-0.2, 0) is 25.4 Å². The number of esters is 1. The van der Waals surface area contributed by atoms with Gasteiger partial charge in [-0.3, -0.25) is 4.98 Å². The van der Waals surface area contributed by atoms with E-state index in [9.17, 15) is 9.59 Å². The molecule has 1 N–H and O–H groups in total. The zero-order chi connectivity index (χ0) is 19.9. The SMILES string of the molecule is COC(=O)C(Cc1ccc(O[C@H]2CCCCO2)cn1)NC(=O)OC(C)(C)C. The summed E-state index contributed by atoms with van der Waals surface area (Å²) in [5, 5.41) is 2.53. The van der Waals surface area contributed by atoms with Crippen LogP contribution in [0.2, 0.25) is 0 Å². The van der Waals surface area contributed by atoms with Crippen LogP contribution >= 0.6 is 0 Å². The van der Waals surface area contributed by atoms with E-state index in [-0.39, 0.29) is 12.7 Å². The molecule has 8 heteroatoms. The lowest BCUT2D eigenvalue weighted by atomic mass is 10.1. The normalized spacial score (nSPS) is 18.3. The summed E-state index contributed by atoms with van der Waals surface area (Å²) in [6, 6.07) is 2.61. The minimum absolute atomic E-state index is 0.173. The van der Waals surface area contributed by atoms with Crippen molar-refractivity contribution in [3.05, 3.63) is 24.0 Å². The average Bonchev–Trinajstić information content (AvgIpc) is 2.61. The summed E-state index contributed by atoms with van der Waals surface area (Å²) in [5.74, 6) is 0.0268. The second-order valence-corrected chi connectivity index (χ2v) is 7.33. The van der Waals surface area contributed by atoms with Crippen molar-refractivity contribution in [1.82, 2.24) is 10.3 Å². The molecule has 2 rings (SSSR count). The lowest BCUT2D eigenvalue weighted by Gasteiger charge is -2.23. The van der Waals surface area contributed by atoms with Crippen LogP contribution in [0.4, 0.5) is 4.79 Å². The fourth-order valence-electron chi connectivity index (χ4n) is 2.55. The molecule has 1 aromatic rings. The van der Waals surface area contributed by atoms with E-state index in [1.54, 1.807) is 39.1 Å². The van der Waals surface area contributed by atoms with Gasteiger partial charge in [-0.1, -0.05) is 0 Å². The van der Waals surface area contributed by atoms with E-state index in [2.05, 4.69) is 10.3 Å². The second-order valence-electron chi connectivity index (χ2n) is 7.33. The molecule has 0 bridgehead atoms. The fraction of sp³-hybridized carbons (Fsp3) is 0.632. The molecule has 1 aromatic heterocycles. The third-order valence-electron chi connectivity index (χ3n) is 3.79. The molecular formula is C19H28N2O6. The quantitative estimate of drug-likeness (QED) is 0.758. The number of carbonyl (C=O) groups excluding carboxylic acids is 2. The molecule has 8 nitrogen and oxygen atoms in total. The van der Waals surface area contributed by atoms with Crippen LogP contribution < -0.4 is 10.1 Å². The molecule has 1 aliphatic heterocycles. The van der Waals surface area contributed by atoms with Gasteiger partial charge >= 0.3 is 12.1 Å². The summed E-state index contributed by atoms with van der Waals surface area (Å²) >= 11 is 0. The Bertz CT molecular complexity index is 620. The molecule has 0 saturated carbocycles. The Morgan fingerprint density at radius 2 is 2.11 bits per heavy atom. The highest BCUT2D eigenvalue weighted by atomic mass is 16.7. The van der Waals surface area contributed by atoms with E-state index in [1.165, 1.54) is 7.11 Å². The summed E-state index contributed by atoms with van der Waals surface area (Å²) < 4.78 is 21.2. The number of nitrogens with zero attached hydrogens (tertiary/aromatic N) is 1. The number of amides is 1. The van der Waals surface area contributed by atoms with Crippen molar-refractivity contribution in [2.24, 2.45) is 0 Å². The van der Waals surface area contributed by atoms with Gasteiger partial charge in [0.1, 0.15) is 17.4 Å². The predicted molar refractivity (Wildman–Crippen MR) is 97.3 cm³/mol. The van der Waals surface area contributed by atoms with Crippen LogP contribution in [0.5, 0.6) is 5.75 Å². The summed E-state index contributed by atoms with van der Waals surface area (Å²) in [4.78, 5) is 28.2. The second kappa shape index (κ2) is 9.55. The molecule has 0 spiro atoms. The minimum Gasteiger partial charge on any atom is -0.467 e. The smallest absolute Gasteiger partial charge is 0.408 e. The van der Waals surface area contributed by atoms with Crippen molar-refractivity contribution in [3.63, 3.8) is 0 Å². The standard InChI is InChI=1S/C19H28N2O6/c1-19(2,3)27-18(23)21-15(17(22)24-4)11-13-8-9-14(12-20-13)26-16-7-5-6-10-25-16/h8-9,12,15-16H,5-7,10-11H2,1-4H3,(H,21,23)/t15?,16-/m0/s1. The fourth-order valence-corrected chi connectivity index (χ4v) is 2.55. The van der Waals surface area contributed by atoms with Gasteiger partial charge < -0.3 is 24.3 Å². The summed E-state index contributed by atoms with van der Waals surface area (Å²) in [7, 11) is 1.26. The number of nitrogens with one attached hydrogen (secondary N) is 1. The predicted octanol–water partition coefficient (Wildman–Crippen LogP) is 2.60. The van der Waals surface area contributed by atoms with Gasteiger partial charge in [0, 0.05) is 18.5 Å². The molecule has 1 aliphatic rings.